The zero-order valence-corrected chi connectivity index (χ0v) is 21.7. The monoisotopic (exact) mass is 525 g/mol. The van der Waals surface area contributed by atoms with Crippen LogP contribution in [0.3, 0.4) is 0 Å². The van der Waals surface area contributed by atoms with Gasteiger partial charge in [-0.05, 0) is 24.3 Å². The molecule has 0 saturated carbocycles. The number of amides is 1. The number of piperidine rings is 1. The Morgan fingerprint density at radius 1 is 1.08 bits per heavy atom. The molecule has 2 fully saturated rings. The number of morpholine rings is 1. The van der Waals surface area contributed by atoms with Gasteiger partial charge in [-0.3, -0.25) is 9.69 Å². The molecule has 0 bridgehead atoms. The van der Waals surface area contributed by atoms with Gasteiger partial charge >= 0.3 is 0 Å². The number of anilines is 2. The number of alkyl halides is 2. The first-order chi connectivity index (χ1) is 18.3. The van der Waals surface area contributed by atoms with Crippen LogP contribution >= 0.6 is 0 Å². The van der Waals surface area contributed by atoms with Crippen molar-refractivity contribution in [2.24, 2.45) is 0 Å². The minimum absolute atomic E-state index is 0.214. The van der Waals surface area contributed by atoms with Crippen molar-refractivity contribution in [1.82, 2.24) is 25.2 Å². The largest absolute Gasteiger partial charge is 0.378 e. The average Bonchev–Trinajstić information content (AvgIpc) is 2.93. The molecule has 0 aliphatic carbocycles. The Morgan fingerprint density at radius 2 is 1.79 bits per heavy atom. The molecule has 4 heterocycles. The summed E-state index contributed by atoms with van der Waals surface area (Å²) in [6, 6.07) is 9.04. The number of nitrogens with one attached hydrogen (secondary N) is 1. The number of aromatic nitrogens is 3. The second kappa shape index (κ2) is 11.1. The fourth-order valence-electron chi connectivity index (χ4n) is 4.95. The highest BCUT2D eigenvalue weighted by atomic mass is 19.3. The SMILES string of the molecule is CN(C)c1ncc(C(CNC(=O)c2cccc3nc(N4CCOCC4)ccc23)N2CCC(F)(F)CC2)cn1. The van der Waals surface area contributed by atoms with E-state index in [1.54, 1.807) is 23.4 Å². The Bertz CT molecular complexity index is 1260. The first kappa shape index (κ1) is 26.2. The van der Waals surface area contributed by atoms with Crippen LogP contribution in [0.2, 0.25) is 0 Å². The van der Waals surface area contributed by atoms with E-state index >= 15 is 0 Å². The van der Waals surface area contributed by atoms with Gasteiger partial charge in [-0.2, -0.15) is 0 Å². The molecule has 1 aromatic carbocycles. The maximum atomic E-state index is 13.9. The molecule has 2 aliphatic rings. The molecule has 1 unspecified atom stereocenters. The number of rotatable bonds is 7. The molecule has 0 radical (unpaired) electrons. The summed E-state index contributed by atoms with van der Waals surface area (Å²) in [6.45, 7) is 3.59. The van der Waals surface area contributed by atoms with Crippen molar-refractivity contribution >= 4 is 28.6 Å². The fraction of sp³-hybridized carbons (Fsp3) is 0.481. The second-order valence-corrected chi connectivity index (χ2v) is 9.97. The fourth-order valence-corrected chi connectivity index (χ4v) is 4.95. The van der Waals surface area contributed by atoms with E-state index in [1.807, 2.05) is 43.3 Å². The van der Waals surface area contributed by atoms with Gasteiger partial charge in [0.15, 0.2) is 0 Å². The molecular formula is C27H33F2N7O2. The van der Waals surface area contributed by atoms with Crippen LogP contribution in [0, 0.1) is 0 Å². The average molecular weight is 526 g/mol. The van der Waals surface area contributed by atoms with E-state index in [1.165, 1.54) is 0 Å². The minimum atomic E-state index is -2.66. The summed E-state index contributed by atoms with van der Waals surface area (Å²) in [5.74, 6) is -1.48. The van der Waals surface area contributed by atoms with Crippen LogP contribution in [0.15, 0.2) is 42.7 Å². The molecule has 2 saturated heterocycles. The molecule has 9 nitrogen and oxygen atoms in total. The number of carbonyl (C=O) groups is 1. The maximum absolute atomic E-state index is 13.9. The first-order valence-corrected chi connectivity index (χ1v) is 12.9. The lowest BCUT2D eigenvalue weighted by molar-refractivity contribution is -0.0632. The summed E-state index contributed by atoms with van der Waals surface area (Å²) < 4.78 is 33.2. The number of carbonyl (C=O) groups excluding carboxylic acids is 1. The van der Waals surface area contributed by atoms with Crippen molar-refractivity contribution in [3.8, 4) is 0 Å². The van der Waals surface area contributed by atoms with Gasteiger partial charge in [0.1, 0.15) is 5.82 Å². The van der Waals surface area contributed by atoms with Gasteiger partial charge in [-0.15, -0.1) is 0 Å². The summed E-state index contributed by atoms with van der Waals surface area (Å²) in [4.78, 5) is 32.9. The Morgan fingerprint density at radius 3 is 2.47 bits per heavy atom. The Balaban J connectivity index is 1.34. The van der Waals surface area contributed by atoms with Crippen molar-refractivity contribution in [3.05, 3.63) is 53.9 Å². The number of hydrogen-bond donors (Lipinski definition) is 1. The number of hydrogen-bond acceptors (Lipinski definition) is 8. The van der Waals surface area contributed by atoms with Gasteiger partial charge in [-0.25, -0.2) is 23.7 Å². The van der Waals surface area contributed by atoms with Gasteiger partial charge in [0.25, 0.3) is 11.8 Å². The quantitative estimate of drug-likeness (QED) is 0.504. The highest BCUT2D eigenvalue weighted by Crippen LogP contribution is 2.32. The Labute approximate surface area is 220 Å². The molecule has 2 aliphatic heterocycles. The molecule has 11 heteroatoms. The first-order valence-electron chi connectivity index (χ1n) is 12.9. The third kappa shape index (κ3) is 5.83. The van der Waals surface area contributed by atoms with E-state index in [0.717, 1.165) is 35.4 Å². The normalized spacial score (nSPS) is 18.8. The summed E-state index contributed by atoms with van der Waals surface area (Å²) >= 11 is 0. The highest BCUT2D eigenvalue weighted by Gasteiger charge is 2.37. The summed E-state index contributed by atoms with van der Waals surface area (Å²) in [5, 5.41) is 3.79. The van der Waals surface area contributed by atoms with E-state index in [-0.39, 0.29) is 44.4 Å². The summed E-state index contributed by atoms with van der Waals surface area (Å²) in [5.41, 5.74) is 2.03. The van der Waals surface area contributed by atoms with Crippen LogP contribution in [0.5, 0.6) is 0 Å². The predicted molar refractivity (Wildman–Crippen MR) is 142 cm³/mol. The molecule has 1 N–H and O–H groups in total. The molecule has 3 aromatic rings. The topological polar surface area (TPSA) is 86.7 Å². The molecule has 2 aromatic heterocycles. The van der Waals surface area contributed by atoms with Gasteiger partial charge < -0.3 is 19.9 Å². The number of benzene rings is 1. The van der Waals surface area contributed by atoms with Gasteiger partial charge in [-0.1, -0.05) is 6.07 Å². The molecule has 1 amide bonds. The maximum Gasteiger partial charge on any atom is 0.252 e. The van der Waals surface area contributed by atoms with E-state index < -0.39 is 5.92 Å². The molecular weight excluding hydrogens is 492 g/mol. The van der Waals surface area contributed by atoms with Crippen molar-refractivity contribution in [1.29, 1.82) is 0 Å². The highest BCUT2D eigenvalue weighted by molar-refractivity contribution is 6.06. The van der Waals surface area contributed by atoms with E-state index in [4.69, 9.17) is 9.72 Å². The van der Waals surface area contributed by atoms with Gasteiger partial charge in [0.05, 0.1) is 24.8 Å². The zero-order valence-electron chi connectivity index (χ0n) is 21.7. The lowest BCUT2D eigenvalue weighted by Gasteiger charge is -2.37. The molecule has 1 atom stereocenters. The van der Waals surface area contributed by atoms with Crippen molar-refractivity contribution in [2.75, 3.05) is 69.8 Å². The summed E-state index contributed by atoms with van der Waals surface area (Å²) in [7, 11) is 3.70. The number of likely N-dealkylation sites (tertiary alicyclic amines) is 1. The smallest absolute Gasteiger partial charge is 0.252 e. The lowest BCUT2D eigenvalue weighted by Crippen LogP contribution is -2.45. The van der Waals surface area contributed by atoms with Crippen molar-refractivity contribution in [3.63, 3.8) is 0 Å². The van der Waals surface area contributed by atoms with Gasteiger partial charge in [0, 0.05) is 88.6 Å². The molecule has 202 valence electrons. The zero-order chi connectivity index (χ0) is 26.7. The van der Waals surface area contributed by atoms with Gasteiger partial charge in [0.2, 0.25) is 5.95 Å². The van der Waals surface area contributed by atoms with Crippen LogP contribution in [-0.2, 0) is 4.74 Å². The van der Waals surface area contributed by atoms with Crippen molar-refractivity contribution < 1.29 is 18.3 Å². The van der Waals surface area contributed by atoms with E-state index in [2.05, 4.69) is 20.2 Å². The van der Waals surface area contributed by atoms with Crippen LogP contribution in [0.25, 0.3) is 10.9 Å². The number of halogens is 2. The number of ether oxygens (including phenoxy) is 1. The third-order valence-corrected chi connectivity index (χ3v) is 7.17. The molecule has 0 spiro atoms. The predicted octanol–water partition coefficient (Wildman–Crippen LogP) is 3.13. The number of fused-ring (bicyclic) bond motifs is 1. The third-order valence-electron chi connectivity index (χ3n) is 7.17. The van der Waals surface area contributed by atoms with Crippen LogP contribution in [-0.4, -0.2) is 91.7 Å². The second-order valence-electron chi connectivity index (χ2n) is 9.97. The van der Waals surface area contributed by atoms with Crippen LogP contribution in [0.1, 0.15) is 34.8 Å². The summed E-state index contributed by atoms with van der Waals surface area (Å²) in [6.07, 6.45) is 2.99. The molecule has 5 rings (SSSR count). The molecule has 38 heavy (non-hydrogen) atoms. The Kier molecular flexibility index (Phi) is 7.66. The minimum Gasteiger partial charge on any atom is -0.378 e. The van der Waals surface area contributed by atoms with E-state index in [0.29, 0.717) is 24.7 Å². The standard InChI is InChI=1S/C27H33F2N7O2/c1-34(2)26-31-16-19(17-32-26)23(35-10-8-27(28,29)9-11-35)18-30-25(37)21-4-3-5-22-20(21)6-7-24(33-22)36-12-14-38-15-13-36/h3-7,16-17,23H,8-15,18H2,1-2H3,(H,30,37). The Hall–Kier alpha value is -3.44. The van der Waals surface area contributed by atoms with Crippen LogP contribution in [0.4, 0.5) is 20.5 Å². The number of nitrogens with zero attached hydrogens (tertiary/aromatic N) is 6. The van der Waals surface area contributed by atoms with Crippen molar-refractivity contribution in [2.45, 2.75) is 24.8 Å². The van der Waals surface area contributed by atoms with E-state index in [9.17, 15) is 13.6 Å². The lowest BCUT2D eigenvalue weighted by atomic mass is 10.0. The van der Waals surface area contributed by atoms with Crippen LogP contribution < -0.4 is 15.1 Å². The number of pyridine rings is 1.